The van der Waals surface area contributed by atoms with Crippen molar-refractivity contribution in [1.29, 1.82) is 0 Å². The van der Waals surface area contributed by atoms with Crippen molar-refractivity contribution in [3.05, 3.63) is 125 Å². The Hall–Kier alpha value is -4.73. The molecule has 52 heavy (non-hydrogen) atoms. The highest BCUT2D eigenvalue weighted by Crippen LogP contribution is 2.43. The van der Waals surface area contributed by atoms with E-state index in [1.165, 1.54) is 32.1 Å². The van der Waals surface area contributed by atoms with Crippen LogP contribution in [-0.2, 0) is 13.1 Å². The summed E-state index contributed by atoms with van der Waals surface area (Å²) in [6.45, 7) is 7.23. The first-order chi connectivity index (χ1) is 25.2. The van der Waals surface area contributed by atoms with Crippen LogP contribution in [0.2, 0.25) is 0 Å². The van der Waals surface area contributed by atoms with E-state index in [1.807, 2.05) is 41.3 Å². The molecule has 1 saturated carbocycles. The Morgan fingerprint density at radius 2 is 1.35 bits per heavy atom. The van der Waals surface area contributed by atoms with Crippen molar-refractivity contribution in [2.75, 3.05) is 31.1 Å². The fourth-order valence-corrected chi connectivity index (χ4v) is 8.07. The molecule has 0 unspecified atom stereocenters. The number of rotatable bonds is 15. The van der Waals surface area contributed by atoms with E-state index in [2.05, 4.69) is 28.9 Å². The number of aromatic carboxylic acids is 2. The van der Waals surface area contributed by atoms with Crippen molar-refractivity contribution in [2.24, 2.45) is 5.41 Å². The summed E-state index contributed by atoms with van der Waals surface area (Å²) in [5, 5.41) is 18.8. The van der Waals surface area contributed by atoms with E-state index in [4.69, 9.17) is 4.42 Å². The fourth-order valence-electron chi connectivity index (χ4n) is 8.07. The van der Waals surface area contributed by atoms with Gasteiger partial charge in [-0.15, -0.1) is 0 Å². The molecule has 0 spiro atoms. The molecule has 274 valence electrons. The molecule has 2 heterocycles. The van der Waals surface area contributed by atoms with Gasteiger partial charge in [0.2, 0.25) is 0 Å². The smallest absolute Gasteiger partial charge is 0.335 e. The molecule has 2 aliphatic rings. The summed E-state index contributed by atoms with van der Waals surface area (Å²) in [5.41, 5.74) is 4.97. The Morgan fingerprint density at radius 3 is 1.87 bits per heavy atom. The highest BCUT2D eigenvalue weighted by atomic mass is 16.4. The largest absolute Gasteiger partial charge is 0.478 e. The molecule has 0 radical (unpaired) electrons. The van der Waals surface area contributed by atoms with Crippen LogP contribution in [0.4, 0.5) is 5.69 Å². The number of hydrogen-bond donors (Lipinski definition) is 2. The zero-order valence-corrected chi connectivity index (χ0v) is 30.2. The van der Waals surface area contributed by atoms with Crippen LogP contribution < -0.4 is 4.90 Å². The average Bonchev–Trinajstić information content (AvgIpc) is 3.71. The summed E-state index contributed by atoms with van der Waals surface area (Å²) in [5.74, 6) is -1.59. The van der Waals surface area contributed by atoms with E-state index < -0.39 is 11.9 Å². The predicted octanol–water partition coefficient (Wildman–Crippen LogP) is 8.53. The number of carbonyl (C=O) groups excluding carboxylic acids is 1. The number of carbonyl (C=O) groups is 3. The molecule has 9 heteroatoms. The zero-order chi connectivity index (χ0) is 36.5. The summed E-state index contributed by atoms with van der Waals surface area (Å²) in [6.07, 6.45) is 11.8. The lowest BCUT2D eigenvalue weighted by Gasteiger charge is -2.42. The third-order valence-electron chi connectivity index (χ3n) is 11.2. The molecule has 1 aliphatic carbocycles. The van der Waals surface area contributed by atoms with Gasteiger partial charge in [-0.1, -0.05) is 61.2 Å². The van der Waals surface area contributed by atoms with Crippen LogP contribution in [0, 0.1) is 12.3 Å². The predicted molar refractivity (Wildman–Crippen MR) is 202 cm³/mol. The number of nitrogens with zero attached hydrogens (tertiary/aromatic N) is 3. The lowest BCUT2D eigenvalue weighted by atomic mass is 9.69. The summed E-state index contributed by atoms with van der Waals surface area (Å²) >= 11 is 0. The SMILES string of the molecule is Cc1ccc(N(C(=O)c2ccco2)C2CCN(CCC3(CCN(Cc4ccc(C(=O)O)cc4)Cc4ccc(C(=O)O)cc4)CCCCC3)CC2)cc1. The Morgan fingerprint density at radius 1 is 0.769 bits per heavy atom. The molecule has 6 rings (SSSR count). The zero-order valence-electron chi connectivity index (χ0n) is 30.2. The molecule has 2 N–H and O–H groups in total. The van der Waals surface area contributed by atoms with E-state index >= 15 is 0 Å². The van der Waals surface area contributed by atoms with E-state index in [-0.39, 0.29) is 28.5 Å². The summed E-state index contributed by atoms with van der Waals surface area (Å²) in [6, 6.07) is 26.0. The number of benzene rings is 3. The molecule has 2 fully saturated rings. The van der Waals surface area contributed by atoms with E-state index in [0.717, 1.165) is 74.2 Å². The van der Waals surface area contributed by atoms with Gasteiger partial charge in [0.05, 0.1) is 17.4 Å². The van der Waals surface area contributed by atoms with Crippen molar-refractivity contribution in [3.63, 3.8) is 0 Å². The highest BCUT2D eigenvalue weighted by molar-refractivity contribution is 6.04. The molecule has 9 nitrogen and oxygen atoms in total. The monoisotopic (exact) mass is 705 g/mol. The molecule has 0 atom stereocenters. The highest BCUT2D eigenvalue weighted by Gasteiger charge is 2.35. The molecule has 1 saturated heterocycles. The molecule has 1 aliphatic heterocycles. The van der Waals surface area contributed by atoms with Crippen molar-refractivity contribution in [3.8, 4) is 0 Å². The lowest BCUT2D eigenvalue weighted by molar-refractivity contribution is 0.0686. The van der Waals surface area contributed by atoms with Crippen molar-refractivity contribution in [2.45, 2.75) is 83.8 Å². The summed E-state index contributed by atoms with van der Waals surface area (Å²) in [4.78, 5) is 43.5. The number of aryl methyl sites for hydroxylation is 1. The minimum atomic E-state index is -0.934. The van der Waals surface area contributed by atoms with Gasteiger partial charge in [-0.05, 0) is 124 Å². The maximum absolute atomic E-state index is 13.7. The average molecular weight is 706 g/mol. The van der Waals surface area contributed by atoms with E-state index in [0.29, 0.717) is 18.8 Å². The first-order valence-corrected chi connectivity index (χ1v) is 18.7. The van der Waals surface area contributed by atoms with Crippen molar-refractivity contribution < 1.29 is 29.0 Å². The van der Waals surface area contributed by atoms with E-state index in [1.54, 1.807) is 42.7 Å². The van der Waals surface area contributed by atoms with Gasteiger partial charge in [0, 0.05) is 37.9 Å². The van der Waals surface area contributed by atoms with Gasteiger partial charge < -0.3 is 24.4 Å². The number of amides is 1. The normalized spacial score (nSPS) is 16.5. The van der Waals surface area contributed by atoms with Gasteiger partial charge in [-0.2, -0.15) is 0 Å². The number of anilines is 1. The Labute approximate surface area is 306 Å². The molecular weight excluding hydrogens is 654 g/mol. The van der Waals surface area contributed by atoms with Gasteiger partial charge in [0.25, 0.3) is 5.91 Å². The number of likely N-dealkylation sites (tertiary alicyclic amines) is 1. The van der Waals surface area contributed by atoms with Crippen LogP contribution in [0.25, 0.3) is 0 Å². The van der Waals surface area contributed by atoms with Crippen molar-refractivity contribution >= 4 is 23.5 Å². The standard InChI is InChI=1S/C43H51N3O6/c1-32-7-17-37(18-8-32)46(40(47)39-6-5-29-52-39)38-19-25-44(26-20-38)27-23-43(21-3-2-4-22-43)24-28-45(30-33-9-13-35(14-10-33)41(48)49)31-34-11-15-36(16-12-34)42(50)51/h5-18,29,38H,2-4,19-28,30-31H2,1H3,(H,48,49)(H,50,51). The van der Waals surface area contributed by atoms with Gasteiger partial charge in [-0.25, -0.2) is 9.59 Å². The second-order valence-electron chi connectivity index (χ2n) is 14.8. The number of carboxylic acid groups (broad SMARTS) is 2. The van der Waals surface area contributed by atoms with E-state index in [9.17, 15) is 24.6 Å². The third-order valence-corrected chi connectivity index (χ3v) is 11.2. The van der Waals surface area contributed by atoms with Crippen LogP contribution in [0.15, 0.2) is 95.6 Å². The molecule has 0 bridgehead atoms. The molecule has 1 aromatic heterocycles. The number of carboxylic acids is 2. The fraction of sp³-hybridized carbons (Fsp3) is 0.419. The number of furan rings is 1. The van der Waals surface area contributed by atoms with Crippen LogP contribution >= 0.6 is 0 Å². The maximum Gasteiger partial charge on any atom is 0.335 e. The van der Waals surface area contributed by atoms with Crippen LogP contribution in [0.3, 0.4) is 0 Å². The minimum absolute atomic E-state index is 0.0892. The second kappa shape index (κ2) is 17.2. The summed E-state index contributed by atoms with van der Waals surface area (Å²) < 4.78 is 5.54. The minimum Gasteiger partial charge on any atom is -0.478 e. The van der Waals surface area contributed by atoms with Crippen LogP contribution in [0.1, 0.15) is 106 Å². The first kappa shape index (κ1) is 37.0. The van der Waals surface area contributed by atoms with Gasteiger partial charge in [0.1, 0.15) is 0 Å². The quantitative estimate of drug-likeness (QED) is 0.127. The topological polar surface area (TPSA) is 115 Å². The lowest BCUT2D eigenvalue weighted by Crippen LogP contribution is -2.48. The third kappa shape index (κ3) is 9.57. The summed E-state index contributed by atoms with van der Waals surface area (Å²) in [7, 11) is 0. The molecule has 1 amide bonds. The second-order valence-corrected chi connectivity index (χ2v) is 14.8. The van der Waals surface area contributed by atoms with Gasteiger partial charge >= 0.3 is 11.9 Å². The van der Waals surface area contributed by atoms with Gasteiger partial charge in [0.15, 0.2) is 5.76 Å². The number of piperidine rings is 1. The molecule has 3 aromatic carbocycles. The molecular formula is C43H51N3O6. The first-order valence-electron chi connectivity index (χ1n) is 18.7. The number of hydrogen-bond acceptors (Lipinski definition) is 6. The Bertz CT molecular complexity index is 1700. The Kier molecular flexibility index (Phi) is 12.2. The molecule has 4 aromatic rings. The van der Waals surface area contributed by atoms with Gasteiger partial charge in [-0.3, -0.25) is 9.69 Å². The van der Waals surface area contributed by atoms with Crippen molar-refractivity contribution in [1.82, 2.24) is 9.80 Å². The maximum atomic E-state index is 13.7. The van der Waals surface area contributed by atoms with Crippen LogP contribution in [0.5, 0.6) is 0 Å². The van der Waals surface area contributed by atoms with Crippen LogP contribution in [-0.4, -0.2) is 70.1 Å². The Balaban J connectivity index is 1.10.